The van der Waals surface area contributed by atoms with Crippen LogP contribution in [0.3, 0.4) is 0 Å². The first-order valence-electron chi connectivity index (χ1n) is 6.39. The zero-order valence-electron chi connectivity index (χ0n) is 10.4. The van der Waals surface area contributed by atoms with Gasteiger partial charge in [0.25, 0.3) is 5.91 Å². The van der Waals surface area contributed by atoms with E-state index in [1.807, 2.05) is 36.2 Å². The number of para-hydroxylation sites is 1. The Labute approximate surface area is 103 Å². The number of benzene rings is 1. The lowest BCUT2D eigenvalue weighted by Gasteiger charge is -2.21. The van der Waals surface area contributed by atoms with Crippen molar-refractivity contribution in [3.63, 3.8) is 0 Å². The molecule has 0 saturated carbocycles. The fourth-order valence-electron chi connectivity index (χ4n) is 2.33. The zero-order chi connectivity index (χ0) is 12.1. The second-order valence-corrected chi connectivity index (χ2v) is 4.50. The number of nitrogens with zero attached hydrogens (tertiary/aromatic N) is 1. The number of carbonyl (C=O) groups excluding carboxylic acids is 1. The van der Waals surface area contributed by atoms with Crippen molar-refractivity contribution in [2.24, 2.45) is 0 Å². The van der Waals surface area contributed by atoms with Gasteiger partial charge in [0.05, 0.1) is 5.56 Å². The summed E-state index contributed by atoms with van der Waals surface area (Å²) in [5, 5.41) is 3.08. The van der Waals surface area contributed by atoms with E-state index in [9.17, 15) is 4.79 Å². The molecule has 3 nitrogen and oxygen atoms in total. The van der Waals surface area contributed by atoms with Crippen LogP contribution in [0.4, 0.5) is 5.69 Å². The second kappa shape index (κ2) is 5.71. The third-order valence-corrected chi connectivity index (χ3v) is 3.32. The molecule has 0 aliphatic carbocycles. The highest BCUT2D eigenvalue weighted by atomic mass is 16.2. The molecule has 0 bridgehead atoms. The minimum Gasteiger partial charge on any atom is -0.387 e. The van der Waals surface area contributed by atoms with E-state index in [1.165, 1.54) is 12.8 Å². The molecule has 0 spiro atoms. The molecule has 0 unspecified atom stereocenters. The van der Waals surface area contributed by atoms with Crippen molar-refractivity contribution in [3.05, 3.63) is 29.8 Å². The summed E-state index contributed by atoms with van der Waals surface area (Å²) >= 11 is 0. The number of hydrogen-bond acceptors (Lipinski definition) is 2. The number of nitrogens with one attached hydrogen (secondary N) is 1. The first-order chi connectivity index (χ1) is 8.33. The third kappa shape index (κ3) is 2.78. The number of rotatable bonds is 2. The van der Waals surface area contributed by atoms with Crippen LogP contribution in [0.5, 0.6) is 0 Å². The lowest BCUT2D eigenvalue weighted by atomic mass is 10.1. The van der Waals surface area contributed by atoms with Gasteiger partial charge in [-0.3, -0.25) is 4.79 Å². The molecule has 1 saturated heterocycles. The Balaban J connectivity index is 2.17. The van der Waals surface area contributed by atoms with Crippen molar-refractivity contribution >= 4 is 11.6 Å². The highest BCUT2D eigenvalue weighted by Crippen LogP contribution is 2.19. The molecule has 2 rings (SSSR count). The Morgan fingerprint density at radius 3 is 2.41 bits per heavy atom. The molecule has 17 heavy (non-hydrogen) atoms. The monoisotopic (exact) mass is 232 g/mol. The molecule has 0 radical (unpaired) electrons. The van der Waals surface area contributed by atoms with Crippen molar-refractivity contribution in [1.29, 1.82) is 0 Å². The molecule has 1 fully saturated rings. The maximum Gasteiger partial charge on any atom is 0.255 e. The van der Waals surface area contributed by atoms with Gasteiger partial charge in [0.1, 0.15) is 0 Å². The SMILES string of the molecule is CNc1ccccc1C(=O)N1CCCCCC1. The van der Waals surface area contributed by atoms with Crippen LogP contribution in [0.25, 0.3) is 0 Å². The van der Waals surface area contributed by atoms with Crippen LogP contribution >= 0.6 is 0 Å². The van der Waals surface area contributed by atoms with Crippen molar-refractivity contribution in [2.45, 2.75) is 25.7 Å². The molecule has 1 amide bonds. The fraction of sp³-hybridized carbons (Fsp3) is 0.500. The Bertz CT molecular complexity index is 382. The molecule has 0 aromatic heterocycles. The van der Waals surface area contributed by atoms with Crippen molar-refractivity contribution in [3.8, 4) is 0 Å². The van der Waals surface area contributed by atoms with Gasteiger partial charge in [-0.25, -0.2) is 0 Å². The Kier molecular flexibility index (Phi) is 4.02. The van der Waals surface area contributed by atoms with Crippen LogP contribution in [-0.4, -0.2) is 30.9 Å². The van der Waals surface area contributed by atoms with E-state index in [0.717, 1.165) is 37.2 Å². The van der Waals surface area contributed by atoms with Gasteiger partial charge in [0, 0.05) is 25.8 Å². The van der Waals surface area contributed by atoms with E-state index in [0.29, 0.717) is 0 Å². The summed E-state index contributed by atoms with van der Waals surface area (Å²) in [6.45, 7) is 1.80. The molecule has 1 N–H and O–H groups in total. The van der Waals surface area contributed by atoms with Gasteiger partial charge in [-0.1, -0.05) is 25.0 Å². The Morgan fingerprint density at radius 2 is 1.76 bits per heavy atom. The summed E-state index contributed by atoms with van der Waals surface area (Å²) in [5.41, 5.74) is 1.71. The average molecular weight is 232 g/mol. The first kappa shape index (κ1) is 12.0. The van der Waals surface area contributed by atoms with Gasteiger partial charge >= 0.3 is 0 Å². The molecule has 92 valence electrons. The highest BCUT2D eigenvalue weighted by molar-refractivity contribution is 5.99. The maximum absolute atomic E-state index is 12.4. The molecule has 1 aromatic rings. The Hall–Kier alpha value is -1.51. The van der Waals surface area contributed by atoms with E-state index in [-0.39, 0.29) is 5.91 Å². The first-order valence-corrected chi connectivity index (χ1v) is 6.39. The van der Waals surface area contributed by atoms with Crippen LogP contribution in [0, 0.1) is 0 Å². The van der Waals surface area contributed by atoms with E-state index in [4.69, 9.17) is 0 Å². The van der Waals surface area contributed by atoms with Crippen LogP contribution in [0.15, 0.2) is 24.3 Å². The topological polar surface area (TPSA) is 32.3 Å². The van der Waals surface area contributed by atoms with Crippen LogP contribution in [0.2, 0.25) is 0 Å². The minimum absolute atomic E-state index is 0.164. The molecular weight excluding hydrogens is 212 g/mol. The van der Waals surface area contributed by atoms with E-state index < -0.39 is 0 Å². The highest BCUT2D eigenvalue weighted by Gasteiger charge is 2.19. The quantitative estimate of drug-likeness (QED) is 0.850. The summed E-state index contributed by atoms with van der Waals surface area (Å²) in [6.07, 6.45) is 4.76. The summed E-state index contributed by atoms with van der Waals surface area (Å²) in [4.78, 5) is 14.4. The van der Waals surface area contributed by atoms with Crippen LogP contribution in [-0.2, 0) is 0 Å². The summed E-state index contributed by atoms with van der Waals surface area (Å²) < 4.78 is 0. The number of likely N-dealkylation sites (tertiary alicyclic amines) is 1. The number of hydrogen-bond donors (Lipinski definition) is 1. The van der Waals surface area contributed by atoms with Gasteiger partial charge < -0.3 is 10.2 Å². The standard InChI is InChI=1S/C14H20N2O/c1-15-13-9-5-4-8-12(13)14(17)16-10-6-2-3-7-11-16/h4-5,8-9,15H,2-3,6-7,10-11H2,1H3. The van der Waals surface area contributed by atoms with Crippen LogP contribution in [0.1, 0.15) is 36.0 Å². The van der Waals surface area contributed by atoms with Gasteiger partial charge in [-0.05, 0) is 25.0 Å². The number of amides is 1. The molecule has 1 aromatic carbocycles. The fourth-order valence-corrected chi connectivity index (χ4v) is 2.33. The van der Waals surface area contributed by atoms with E-state index in [1.54, 1.807) is 0 Å². The van der Waals surface area contributed by atoms with Gasteiger partial charge in [-0.2, -0.15) is 0 Å². The molecule has 1 aliphatic rings. The van der Waals surface area contributed by atoms with E-state index >= 15 is 0 Å². The smallest absolute Gasteiger partial charge is 0.255 e. The van der Waals surface area contributed by atoms with Crippen molar-refractivity contribution < 1.29 is 4.79 Å². The third-order valence-electron chi connectivity index (χ3n) is 3.32. The van der Waals surface area contributed by atoms with Gasteiger partial charge in [0.2, 0.25) is 0 Å². The lowest BCUT2D eigenvalue weighted by molar-refractivity contribution is 0.0762. The summed E-state index contributed by atoms with van der Waals surface area (Å²) in [5.74, 6) is 0.164. The minimum atomic E-state index is 0.164. The largest absolute Gasteiger partial charge is 0.387 e. The number of carbonyl (C=O) groups is 1. The lowest BCUT2D eigenvalue weighted by Crippen LogP contribution is -2.32. The number of anilines is 1. The van der Waals surface area contributed by atoms with Crippen molar-refractivity contribution in [2.75, 3.05) is 25.5 Å². The summed E-state index contributed by atoms with van der Waals surface area (Å²) in [6, 6.07) is 7.72. The summed E-state index contributed by atoms with van der Waals surface area (Å²) in [7, 11) is 1.86. The maximum atomic E-state index is 12.4. The van der Waals surface area contributed by atoms with Gasteiger partial charge in [-0.15, -0.1) is 0 Å². The Morgan fingerprint density at radius 1 is 1.12 bits per heavy atom. The molecule has 1 aliphatic heterocycles. The van der Waals surface area contributed by atoms with Gasteiger partial charge in [0.15, 0.2) is 0 Å². The second-order valence-electron chi connectivity index (χ2n) is 4.50. The molecule has 3 heteroatoms. The normalized spacial score (nSPS) is 16.4. The van der Waals surface area contributed by atoms with E-state index in [2.05, 4.69) is 5.32 Å². The zero-order valence-corrected chi connectivity index (χ0v) is 10.4. The van der Waals surface area contributed by atoms with Crippen LogP contribution < -0.4 is 5.32 Å². The predicted octanol–water partition coefficient (Wildman–Crippen LogP) is 2.74. The molecular formula is C14H20N2O. The molecule has 1 heterocycles. The average Bonchev–Trinajstić information content (AvgIpc) is 2.66. The predicted molar refractivity (Wildman–Crippen MR) is 70.4 cm³/mol. The van der Waals surface area contributed by atoms with Crippen molar-refractivity contribution in [1.82, 2.24) is 4.90 Å². The molecule has 0 atom stereocenters.